The van der Waals surface area contributed by atoms with Gasteiger partial charge >= 0.3 is 0 Å². The van der Waals surface area contributed by atoms with Gasteiger partial charge in [-0.2, -0.15) is 0 Å². The lowest BCUT2D eigenvalue weighted by molar-refractivity contribution is -0.122. The molecule has 1 amide bonds. The van der Waals surface area contributed by atoms with E-state index in [9.17, 15) is 4.79 Å². The molecule has 0 spiro atoms. The Hall–Kier alpha value is -3.60. The summed E-state index contributed by atoms with van der Waals surface area (Å²) >= 11 is 0. The van der Waals surface area contributed by atoms with E-state index in [2.05, 4.69) is 34.3 Å². The zero-order valence-electron chi connectivity index (χ0n) is 16.5. The van der Waals surface area contributed by atoms with Crippen LogP contribution >= 0.6 is 0 Å². The van der Waals surface area contributed by atoms with Crippen LogP contribution in [0.5, 0.6) is 5.75 Å². The van der Waals surface area contributed by atoms with Crippen molar-refractivity contribution in [3.63, 3.8) is 0 Å². The summed E-state index contributed by atoms with van der Waals surface area (Å²) in [6.45, 7) is 3.80. The minimum atomic E-state index is -0.587. The smallest absolute Gasteiger partial charge is 0.265 e. The van der Waals surface area contributed by atoms with Crippen molar-refractivity contribution in [3.8, 4) is 5.75 Å². The zero-order chi connectivity index (χ0) is 20.2. The summed E-state index contributed by atoms with van der Waals surface area (Å²) in [5.74, 6) is 1.41. The molecule has 146 valence electrons. The third-order valence-corrected chi connectivity index (χ3v) is 4.70. The molecule has 4 rings (SSSR count). The van der Waals surface area contributed by atoms with Crippen molar-refractivity contribution in [2.45, 2.75) is 26.4 Å². The van der Waals surface area contributed by atoms with Crippen molar-refractivity contribution < 1.29 is 9.53 Å². The van der Waals surface area contributed by atoms with Crippen molar-refractivity contribution >= 4 is 22.6 Å². The van der Waals surface area contributed by atoms with Crippen LogP contribution in [0.25, 0.3) is 11.0 Å². The third-order valence-electron chi connectivity index (χ3n) is 4.70. The van der Waals surface area contributed by atoms with Crippen molar-refractivity contribution in [1.82, 2.24) is 9.97 Å². The van der Waals surface area contributed by atoms with Crippen molar-refractivity contribution in [3.05, 3.63) is 89.7 Å². The topological polar surface area (TPSA) is 67.0 Å². The number of fused-ring (bicyclic) bond motifs is 1. The minimum absolute atomic E-state index is 0.186. The monoisotopic (exact) mass is 385 g/mol. The van der Waals surface area contributed by atoms with Crippen LogP contribution in [0.2, 0.25) is 0 Å². The second-order valence-electron chi connectivity index (χ2n) is 7.14. The number of amides is 1. The van der Waals surface area contributed by atoms with Crippen LogP contribution in [0, 0.1) is 6.92 Å². The van der Waals surface area contributed by atoms with Crippen molar-refractivity contribution in [2.75, 3.05) is 5.32 Å². The number of hydrogen-bond donors (Lipinski definition) is 2. The molecule has 2 N–H and O–H groups in total. The van der Waals surface area contributed by atoms with Gasteiger partial charge in [0.2, 0.25) is 0 Å². The lowest BCUT2D eigenvalue weighted by Crippen LogP contribution is -2.30. The van der Waals surface area contributed by atoms with Gasteiger partial charge in [-0.25, -0.2) is 4.98 Å². The van der Waals surface area contributed by atoms with Gasteiger partial charge in [0, 0.05) is 12.1 Å². The van der Waals surface area contributed by atoms with Gasteiger partial charge in [0.1, 0.15) is 11.6 Å². The molecule has 5 nitrogen and oxygen atoms in total. The van der Waals surface area contributed by atoms with E-state index in [4.69, 9.17) is 4.74 Å². The van der Waals surface area contributed by atoms with Gasteiger partial charge in [0.25, 0.3) is 5.91 Å². The first-order valence-corrected chi connectivity index (χ1v) is 9.63. The molecular formula is C24H23N3O2. The van der Waals surface area contributed by atoms with Crippen LogP contribution in [0.15, 0.2) is 72.8 Å². The predicted molar refractivity (Wildman–Crippen MR) is 115 cm³/mol. The molecule has 0 aliphatic heterocycles. The standard InChI is InChI=1S/C24H23N3O2/c1-16-8-13-21-22(14-16)27-23(26-21)15-18-9-11-19(12-10-18)25-24(28)17(2)29-20-6-4-3-5-7-20/h3-14,17H,15H2,1-2H3,(H,25,28)(H,26,27). The number of anilines is 1. The molecule has 0 saturated heterocycles. The maximum atomic E-state index is 12.4. The molecule has 3 aromatic carbocycles. The molecule has 1 atom stereocenters. The Morgan fingerprint density at radius 2 is 1.83 bits per heavy atom. The molecule has 0 radical (unpaired) electrons. The van der Waals surface area contributed by atoms with Crippen LogP contribution in [-0.4, -0.2) is 22.0 Å². The van der Waals surface area contributed by atoms with Gasteiger partial charge < -0.3 is 15.0 Å². The van der Waals surface area contributed by atoms with E-state index in [0.717, 1.165) is 28.1 Å². The van der Waals surface area contributed by atoms with Crippen LogP contribution in [-0.2, 0) is 11.2 Å². The molecule has 1 aromatic heterocycles. The number of aromatic amines is 1. The van der Waals surface area contributed by atoms with Gasteiger partial charge in [-0.05, 0) is 61.4 Å². The van der Waals surface area contributed by atoms with E-state index in [0.29, 0.717) is 12.2 Å². The van der Waals surface area contributed by atoms with E-state index in [1.165, 1.54) is 5.56 Å². The fraction of sp³-hybridized carbons (Fsp3) is 0.167. The number of para-hydroxylation sites is 1. The number of benzene rings is 3. The average Bonchev–Trinajstić information content (AvgIpc) is 3.11. The van der Waals surface area contributed by atoms with Gasteiger partial charge in [-0.15, -0.1) is 0 Å². The predicted octanol–water partition coefficient (Wildman–Crippen LogP) is 4.87. The Labute approximate surface area is 169 Å². The summed E-state index contributed by atoms with van der Waals surface area (Å²) < 4.78 is 5.66. The summed E-state index contributed by atoms with van der Waals surface area (Å²) in [4.78, 5) is 20.4. The highest BCUT2D eigenvalue weighted by molar-refractivity contribution is 5.94. The highest BCUT2D eigenvalue weighted by Crippen LogP contribution is 2.17. The molecule has 0 bridgehead atoms. The van der Waals surface area contributed by atoms with Gasteiger partial charge in [-0.1, -0.05) is 36.4 Å². The van der Waals surface area contributed by atoms with E-state index >= 15 is 0 Å². The number of H-pyrrole nitrogens is 1. The molecule has 0 saturated carbocycles. The van der Waals surface area contributed by atoms with Gasteiger partial charge in [0.05, 0.1) is 11.0 Å². The molecular weight excluding hydrogens is 362 g/mol. The second-order valence-corrected chi connectivity index (χ2v) is 7.14. The van der Waals surface area contributed by atoms with Crippen molar-refractivity contribution in [2.24, 2.45) is 0 Å². The molecule has 1 unspecified atom stereocenters. The third kappa shape index (κ3) is 4.63. The van der Waals surface area contributed by atoms with Gasteiger partial charge in [0.15, 0.2) is 6.10 Å². The summed E-state index contributed by atoms with van der Waals surface area (Å²) in [7, 11) is 0. The lowest BCUT2D eigenvalue weighted by Gasteiger charge is -2.14. The quantitative estimate of drug-likeness (QED) is 0.498. The average molecular weight is 385 g/mol. The number of imidazole rings is 1. The molecule has 0 aliphatic rings. The van der Waals surface area contributed by atoms with E-state index in [1.54, 1.807) is 6.92 Å². The summed E-state index contributed by atoms with van der Waals surface area (Å²) in [6.07, 6.45) is 0.117. The van der Waals surface area contributed by atoms with E-state index in [1.807, 2.05) is 60.7 Å². The number of rotatable bonds is 6. The summed E-state index contributed by atoms with van der Waals surface area (Å²) in [6, 6.07) is 23.3. The molecule has 1 heterocycles. The number of carbonyl (C=O) groups excluding carboxylic acids is 1. The van der Waals surface area contributed by atoms with E-state index in [-0.39, 0.29) is 5.91 Å². The number of nitrogens with one attached hydrogen (secondary N) is 2. The Bertz CT molecular complexity index is 1120. The largest absolute Gasteiger partial charge is 0.481 e. The first-order chi connectivity index (χ1) is 14.1. The Morgan fingerprint density at radius 3 is 2.59 bits per heavy atom. The molecule has 0 fully saturated rings. The second kappa shape index (κ2) is 8.19. The van der Waals surface area contributed by atoms with Gasteiger partial charge in [-0.3, -0.25) is 4.79 Å². The molecule has 0 aliphatic carbocycles. The Morgan fingerprint density at radius 1 is 1.07 bits per heavy atom. The summed E-state index contributed by atoms with van der Waals surface area (Å²) in [5, 5.41) is 2.89. The number of carbonyl (C=O) groups is 1. The highest BCUT2D eigenvalue weighted by atomic mass is 16.5. The Balaban J connectivity index is 1.37. The number of ether oxygens (including phenoxy) is 1. The maximum Gasteiger partial charge on any atom is 0.265 e. The molecule has 29 heavy (non-hydrogen) atoms. The number of hydrogen-bond acceptors (Lipinski definition) is 3. The fourth-order valence-corrected chi connectivity index (χ4v) is 3.16. The number of aromatic nitrogens is 2. The van der Waals surface area contributed by atoms with Crippen molar-refractivity contribution in [1.29, 1.82) is 0 Å². The lowest BCUT2D eigenvalue weighted by atomic mass is 10.1. The minimum Gasteiger partial charge on any atom is -0.481 e. The highest BCUT2D eigenvalue weighted by Gasteiger charge is 2.14. The first kappa shape index (κ1) is 18.7. The zero-order valence-corrected chi connectivity index (χ0v) is 16.5. The van der Waals surface area contributed by atoms with E-state index < -0.39 is 6.10 Å². The normalized spacial score (nSPS) is 11.9. The first-order valence-electron chi connectivity index (χ1n) is 9.63. The summed E-state index contributed by atoms with van der Waals surface area (Å²) in [5.41, 5.74) is 5.09. The fourth-order valence-electron chi connectivity index (χ4n) is 3.16. The van der Waals surface area contributed by atoms with Crippen LogP contribution in [0.3, 0.4) is 0 Å². The van der Waals surface area contributed by atoms with Crippen LogP contribution in [0.4, 0.5) is 5.69 Å². The SMILES string of the molecule is Cc1ccc2nc(Cc3ccc(NC(=O)C(C)Oc4ccccc4)cc3)[nH]c2c1. The molecule has 5 heteroatoms. The maximum absolute atomic E-state index is 12.4. The number of nitrogens with zero attached hydrogens (tertiary/aromatic N) is 1. The van der Waals surface area contributed by atoms with Crippen LogP contribution < -0.4 is 10.1 Å². The number of aryl methyl sites for hydroxylation is 1. The molecule has 4 aromatic rings. The van der Waals surface area contributed by atoms with Crippen LogP contribution in [0.1, 0.15) is 23.9 Å². The Kier molecular flexibility index (Phi) is 5.29.